The molecule has 0 saturated carbocycles. The zero-order valence-electron chi connectivity index (χ0n) is 24.5. The number of anilines is 1. The average Bonchev–Trinajstić information content (AvgIpc) is 3.20. The number of likely N-dealkylation sites (tertiary alicyclic amines) is 1. The Morgan fingerprint density at radius 2 is 1.95 bits per heavy atom. The number of pyridine rings is 1. The van der Waals surface area contributed by atoms with Crippen LogP contribution in [0.25, 0.3) is 11.0 Å². The Morgan fingerprint density at radius 3 is 2.63 bits per heavy atom. The number of hydrogen-bond donors (Lipinski definition) is 1. The smallest absolute Gasteiger partial charge is 0.410 e. The first-order valence-electron chi connectivity index (χ1n) is 14.3. The lowest BCUT2D eigenvalue weighted by molar-refractivity contribution is 0.0162. The van der Waals surface area contributed by atoms with Gasteiger partial charge in [0.15, 0.2) is 0 Å². The fourth-order valence-corrected chi connectivity index (χ4v) is 6.23. The summed E-state index contributed by atoms with van der Waals surface area (Å²) in [6, 6.07) is 3.36. The lowest BCUT2D eigenvalue weighted by atomic mass is 9.91. The van der Waals surface area contributed by atoms with Crippen LogP contribution in [0.3, 0.4) is 0 Å². The topological polar surface area (TPSA) is 77.9 Å². The number of rotatable bonds is 8. The third-order valence-electron chi connectivity index (χ3n) is 7.35. The summed E-state index contributed by atoms with van der Waals surface area (Å²) in [6.45, 7) is 19.3. The summed E-state index contributed by atoms with van der Waals surface area (Å²) < 4.78 is 19.7. The predicted molar refractivity (Wildman–Crippen MR) is 156 cm³/mol. The van der Waals surface area contributed by atoms with Crippen molar-refractivity contribution in [3.8, 4) is 0 Å². The molecule has 1 amide bonds. The molecular weight excluding hydrogens is 496 g/mol. The van der Waals surface area contributed by atoms with Crippen molar-refractivity contribution in [2.24, 2.45) is 5.92 Å². The number of nitrogens with one attached hydrogen (secondary N) is 1. The van der Waals surface area contributed by atoms with Gasteiger partial charge in [0.25, 0.3) is 0 Å². The summed E-state index contributed by atoms with van der Waals surface area (Å²) >= 11 is 0. The molecule has 0 unspecified atom stereocenters. The van der Waals surface area contributed by atoms with Crippen molar-refractivity contribution in [1.29, 1.82) is 0 Å². The third-order valence-corrected chi connectivity index (χ3v) is 9.05. The highest BCUT2D eigenvalue weighted by molar-refractivity contribution is 6.76. The van der Waals surface area contributed by atoms with Crippen molar-refractivity contribution in [3.63, 3.8) is 0 Å². The SMILES string of the molecule is C[C@H]1C[C@@H](Nc2ccnc3c2c(C2CCOCC2)cn3COCC[Si](C)(C)C)CN(C(=O)OC(C)(C)C)C1. The number of carbonyl (C=O) groups excluding carboxylic acids is 1. The molecule has 0 aliphatic carbocycles. The van der Waals surface area contributed by atoms with Crippen molar-refractivity contribution >= 4 is 30.9 Å². The second-order valence-electron chi connectivity index (χ2n) is 13.4. The number of amides is 1. The number of piperidine rings is 1. The first kappa shape index (κ1) is 28.9. The molecule has 0 radical (unpaired) electrons. The first-order valence-corrected chi connectivity index (χ1v) is 18.0. The predicted octanol–water partition coefficient (Wildman–Crippen LogP) is 6.30. The molecular formula is C29H48N4O4Si. The molecule has 4 rings (SSSR count). The van der Waals surface area contributed by atoms with Crippen molar-refractivity contribution in [3.05, 3.63) is 24.0 Å². The fourth-order valence-electron chi connectivity index (χ4n) is 5.48. The van der Waals surface area contributed by atoms with Crippen molar-refractivity contribution in [2.75, 3.05) is 38.2 Å². The molecule has 2 saturated heterocycles. The Kier molecular flexibility index (Phi) is 9.10. The Hall–Kier alpha value is -2.10. The Labute approximate surface area is 229 Å². The molecule has 0 aromatic carbocycles. The third kappa shape index (κ3) is 7.73. The maximum atomic E-state index is 12.9. The van der Waals surface area contributed by atoms with E-state index in [-0.39, 0.29) is 12.1 Å². The largest absolute Gasteiger partial charge is 0.444 e. The summed E-state index contributed by atoms with van der Waals surface area (Å²) in [5, 5.41) is 4.99. The number of nitrogens with zero attached hydrogens (tertiary/aromatic N) is 3. The van der Waals surface area contributed by atoms with Gasteiger partial charge in [-0.05, 0) is 69.5 Å². The normalized spacial score (nSPS) is 21.6. The van der Waals surface area contributed by atoms with E-state index in [0.29, 0.717) is 25.1 Å². The Balaban J connectivity index is 1.58. The summed E-state index contributed by atoms with van der Waals surface area (Å²) in [4.78, 5) is 19.5. The van der Waals surface area contributed by atoms with Crippen LogP contribution in [0.4, 0.5) is 10.5 Å². The minimum Gasteiger partial charge on any atom is -0.444 e. The minimum absolute atomic E-state index is 0.135. The molecule has 2 aromatic heterocycles. The standard InChI is InChI=1S/C29H48N4O4Si/c1-21-16-23(18-32(17-21)28(34)37-29(2,3)4)31-25-8-11-30-27-26(25)24(22-9-12-35-13-10-22)19-33(27)20-36-14-15-38(5,6)7/h8,11,19,21-23H,9-10,12-18,20H2,1-7H3,(H,30,31)/t21-,23+/m0/s1. The van der Waals surface area contributed by atoms with Crippen LogP contribution in [-0.4, -0.2) is 73.2 Å². The van der Waals surface area contributed by atoms with E-state index < -0.39 is 13.7 Å². The number of aromatic nitrogens is 2. The molecule has 0 bridgehead atoms. The average molecular weight is 545 g/mol. The van der Waals surface area contributed by atoms with E-state index in [1.807, 2.05) is 31.9 Å². The van der Waals surface area contributed by atoms with Gasteiger partial charge in [-0.15, -0.1) is 0 Å². The van der Waals surface area contributed by atoms with Crippen molar-refractivity contribution in [2.45, 2.75) is 96.9 Å². The second kappa shape index (κ2) is 12.0. The lowest BCUT2D eigenvalue weighted by Gasteiger charge is -2.38. The molecule has 2 aliphatic heterocycles. The summed E-state index contributed by atoms with van der Waals surface area (Å²) in [5.74, 6) is 0.813. The summed E-state index contributed by atoms with van der Waals surface area (Å²) in [6.07, 6.45) is 6.92. The molecule has 2 fully saturated rings. The highest BCUT2D eigenvalue weighted by atomic mass is 28.3. The van der Waals surface area contributed by atoms with Crippen molar-refractivity contribution in [1.82, 2.24) is 14.5 Å². The van der Waals surface area contributed by atoms with Gasteiger partial charge in [-0.1, -0.05) is 26.6 Å². The van der Waals surface area contributed by atoms with Gasteiger partial charge in [-0.2, -0.15) is 0 Å². The van der Waals surface area contributed by atoms with Gasteiger partial charge >= 0.3 is 6.09 Å². The van der Waals surface area contributed by atoms with E-state index in [4.69, 9.17) is 19.2 Å². The maximum Gasteiger partial charge on any atom is 0.410 e. The van der Waals surface area contributed by atoms with Crippen molar-refractivity contribution < 1.29 is 19.0 Å². The van der Waals surface area contributed by atoms with Gasteiger partial charge in [-0.25, -0.2) is 9.78 Å². The van der Waals surface area contributed by atoms with Crippen LogP contribution in [-0.2, 0) is 20.9 Å². The Morgan fingerprint density at radius 1 is 1.21 bits per heavy atom. The van der Waals surface area contributed by atoms with Crippen LogP contribution in [0.1, 0.15) is 58.4 Å². The molecule has 4 heterocycles. The quantitative estimate of drug-likeness (QED) is 0.310. The minimum atomic E-state index is -1.15. The van der Waals surface area contributed by atoms with Gasteiger partial charge in [0, 0.05) is 70.5 Å². The Bertz CT molecular complexity index is 1080. The zero-order chi connectivity index (χ0) is 27.5. The van der Waals surface area contributed by atoms with Crippen LogP contribution in [0.15, 0.2) is 18.5 Å². The molecule has 2 aromatic rings. The monoisotopic (exact) mass is 544 g/mol. The van der Waals surface area contributed by atoms with Gasteiger partial charge in [0.2, 0.25) is 0 Å². The van der Waals surface area contributed by atoms with Crippen LogP contribution in [0, 0.1) is 5.92 Å². The molecule has 8 nitrogen and oxygen atoms in total. The first-order chi connectivity index (χ1) is 17.9. The molecule has 0 spiro atoms. The molecule has 2 aliphatic rings. The second-order valence-corrected chi connectivity index (χ2v) is 19.0. The summed E-state index contributed by atoms with van der Waals surface area (Å²) in [5.41, 5.74) is 2.86. The van der Waals surface area contributed by atoms with Gasteiger partial charge in [0.05, 0.1) is 0 Å². The maximum absolute atomic E-state index is 12.9. The fraction of sp³-hybridized carbons (Fsp3) is 0.724. The van der Waals surface area contributed by atoms with Crippen LogP contribution < -0.4 is 5.32 Å². The van der Waals surface area contributed by atoms with E-state index in [1.165, 1.54) is 10.9 Å². The van der Waals surface area contributed by atoms with E-state index >= 15 is 0 Å². The molecule has 9 heteroatoms. The lowest BCUT2D eigenvalue weighted by Crippen LogP contribution is -2.49. The van der Waals surface area contributed by atoms with E-state index in [0.717, 1.165) is 63.0 Å². The van der Waals surface area contributed by atoms with Crippen LogP contribution >= 0.6 is 0 Å². The highest BCUT2D eigenvalue weighted by Crippen LogP contribution is 2.38. The molecule has 38 heavy (non-hydrogen) atoms. The van der Waals surface area contributed by atoms with E-state index in [9.17, 15) is 4.79 Å². The highest BCUT2D eigenvalue weighted by Gasteiger charge is 2.32. The van der Waals surface area contributed by atoms with Gasteiger partial charge < -0.3 is 29.0 Å². The van der Waals surface area contributed by atoms with Crippen LogP contribution in [0.2, 0.25) is 25.7 Å². The molecule has 2 atom stereocenters. The number of hydrogen-bond acceptors (Lipinski definition) is 6. The number of fused-ring (bicyclic) bond motifs is 1. The van der Waals surface area contributed by atoms with E-state index in [1.54, 1.807) is 0 Å². The van der Waals surface area contributed by atoms with Gasteiger partial charge in [-0.3, -0.25) is 0 Å². The zero-order valence-corrected chi connectivity index (χ0v) is 25.5. The van der Waals surface area contributed by atoms with Crippen LogP contribution in [0.5, 0.6) is 0 Å². The summed E-state index contributed by atoms with van der Waals surface area (Å²) in [7, 11) is -1.15. The molecule has 212 valence electrons. The van der Waals surface area contributed by atoms with Gasteiger partial charge in [0.1, 0.15) is 18.0 Å². The number of ether oxygens (including phenoxy) is 3. The number of carbonyl (C=O) groups is 1. The van der Waals surface area contributed by atoms with E-state index in [2.05, 4.69) is 48.7 Å². The molecule has 1 N–H and O–H groups in total.